The molecule has 0 radical (unpaired) electrons. The lowest BCUT2D eigenvalue weighted by Gasteiger charge is -2.16. The molecule has 0 aliphatic rings. The molecule has 0 unspecified atom stereocenters. The fourth-order valence-corrected chi connectivity index (χ4v) is 3.01. The van der Waals surface area contributed by atoms with E-state index in [1.165, 1.54) is 12.1 Å². The number of ether oxygens (including phenoxy) is 2. The van der Waals surface area contributed by atoms with Gasteiger partial charge < -0.3 is 15.2 Å². The normalized spacial score (nSPS) is 10.3. The Balaban J connectivity index is 2.32. The van der Waals surface area contributed by atoms with Crippen LogP contribution in [-0.2, 0) is 0 Å². The van der Waals surface area contributed by atoms with Gasteiger partial charge in [-0.1, -0.05) is 0 Å². The standard InChI is InChI=1S/C21H18FN3O2/c1-12-19(14-8-16(26-2)10-17(9-14)27-3)18(11-23)21(24)25-20(12)13-4-6-15(22)7-5-13/h4-10H,1-3H3,(H2,24,25). The Labute approximate surface area is 156 Å². The molecule has 0 fully saturated rings. The number of nitrogens with zero attached hydrogens (tertiary/aromatic N) is 2. The number of hydrogen-bond acceptors (Lipinski definition) is 5. The number of halogens is 1. The van der Waals surface area contributed by atoms with Gasteiger partial charge in [0.2, 0.25) is 0 Å². The Bertz CT molecular complexity index is 1020. The predicted molar refractivity (Wildman–Crippen MR) is 102 cm³/mol. The number of rotatable bonds is 4. The van der Waals surface area contributed by atoms with E-state index in [0.717, 1.165) is 11.1 Å². The van der Waals surface area contributed by atoms with Crippen LogP contribution in [-0.4, -0.2) is 19.2 Å². The van der Waals surface area contributed by atoms with Crippen molar-refractivity contribution >= 4 is 5.82 Å². The second-order valence-corrected chi connectivity index (χ2v) is 5.94. The van der Waals surface area contributed by atoms with Crippen molar-refractivity contribution in [1.82, 2.24) is 4.98 Å². The summed E-state index contributed by atoms with van der Waals surface area (Å²) >= 11 is 0. The minimum atomic E-state index is -0.337. The van der Waals surface area contributed by atoms with Gasteiger partial charge in [-0.25, -0.2) is 9.37 Å². The van der Waals surface area contributed by atoms with E-state index in [-0.39, 0.29) is 17.2 Å². The zero-order valence-corrected chi connectivity index (χ0v) is 15.2. The summed E-state index contributed by atoms with van der Waals surface area (Å²) in [6.07, 6.45) is 0. The van der Waals surface area contributed by atoms with Crippen LogP contribution in [0.1, 0.15) is 11.1 Å². The van der Waals surface area contributed by atoms with Crippen LogP contribution in [0, 0.1) is 24.1 Å². The fraction of sp³-hybridized carbons (Fsp3) is 0.143. The van der Waals surface area contributed by atoms with Gasteiger partial charge in [0.25, 0.3) is 0 Å². The number of pyridine rings is 1. The Kier molecular flexibility index (Phi) is 4.95. The highest BCUT2D eigenvalue weighted by molar-refractivity contribution is 5.85. The molecule has 2 N–H and O–H groups in total. The lowest BCUT2D eigenvalue weighted by molar-refractivity contribution is 0.394. The first-order valence-corrected chi connectivity index (χ1v) is 8.18. The summed E-state index contributed by atoms with van der Waals surface area (Å²) in [5.41, 5.74) is 9.76. The van der Waals surface area contributed by atoms with Gasteiger partial charge in [-0.05, 0) is 54.4 Å². The maximum Gasteiger partial charge on any atom is 0.142 e. The van der Waals surface area contributed by atoms with Gasteiger partial charge in [-0.2, -0.15) is 5.26 Å². The topological polar surface area (TPSA) is 81.2 Å². The first-order chi connectivity index (χ1) is 13.0. The molecule has 2 aromatic carbocycles. The number of anilines is 1. The summed E-state index contributed by atoms with van der Waals surface area (Å²) in [4.78, 5) is 4.39. The van der Waals surface area contributed by atoms with Crippen LogP contribution in [0.25, 0.3) is 22.4 Å². The molecule has 3 aromatic rings. The van der Waals surface area contributed by atoms with E-state index in [9.17, 15) is 9.65 Å². The van der Waals surface area contributed by atoms with Gasteiger partial charge >= 0.3 is 0 Å². The quantitative estimate of drug-likeness (QED) is 0.746. The zero-order valence-electron chi connectivity index (χ0n) is 15.2. The average molecular weight is 363 g/mol. The van der Waals surface area contributed by atoms with Gasteiger partial charge in [0.1, 0.15) is 34.8 Å². The molecule has 0 aliphatic heterocycles. The SMILES string of the molecule is COc1cc(OC)cc(-c2c(C)c(-c3ccc(F)cc3)nc(N)c2C#N)c1. The van der Waals surface area contributed by atoms with Crippen LogP contribution in [0.4, 0.5) is 10.2 Å². The molecule has 27 heavy (non-hydrogen) atoms. The first-order valence-electron chi connectivity index (χ1n) is 8.18. The van der Waals surface area contributed by atoms with Crippen molar-refractivity contribution in [3.05, 3.63) is 59.4 Å². The molecule has 0 saturated heterocycles. The van der Waals surface area contributed by atoms with Crippen LogP contribution < -0.4 is 15.2 Å². The molecular formula is C21H18FN3O2. The second-order valence-electron chi connectivity index (χ2n) is 5.94. The minimum absolute atomic E-state index is 0.110. The van der Waals surface area contributed by atoms with Crippen molar-refractivity contribution in [2.45, 2.75) is 6.92 Å². The van der Waals surface area contributed by atoms with Crippen molar-refractivity contribution in [2.24, 2.45) is 0 Å². The molecule has 3 rings (SSSR count). The third-order valence-electron chi connectivity index (χ3n) is 4.34. The molecule has 136 valence electrons. The van der Waals surface area contributed by atoms with E-state index in [0.29, 0.717) is 28.3 Å². The highest BCUT2D eigenvalue weighted by Gasteiger charge is 2.19. The monoisotopic (exact) mass is 363 g/mol. The van der Waals surface area contributed by atoms with Crippen LogP contribution in [0.5, 0.6) is 11.5 Å². The van der Waals surface area contributed by atoms with Crippen molar-refractivity contribution in [3.8, 4) is 40.0 Å². The third-order valence-corrected chi connectivity index (χ3v) is 4.34. The summed E-state index contributed by atoms with van der Waals surface area (Å²) in [5, 5.41) is 9.65. The second kappa shape index (κ2) is 7.34. The first kappa shape index (κ1) is 18.2. The highest BCUT2D eigenvalue weighted by atomic mass is 19.1. The third kappa shape index (κ3) is 3.40. The van der Waals surface area contributed by atoms with Gasteiger partial charge in [0.15, 0.2) is 0 Å². The van der Waals surface area contributed by atoms with E-state index in [2.05, 4.69) is 11.1 Å². The van der Waals surface area contributed by atoms with Gasteiger partial charge in [-0.3, -0.25) is 0 Å². The molecule has 0 spiro atoms. The lowest BCUT2D eigenvalue weighted by Crippen LogP contribution is -2.03. The van der Waals surface area contributed by atoms with Gasteiger partial charge in [0.05, 0.1) is 19.9 Å². The number of methoxy groups -OCH3 is 2. The van der Waals surface area contributed by atoms with E-state index < -0.39 is 0 Å². The zero-order chi connectivity index (χ0) is 19.6. The van der Waals surface area contributed by atoms with E-state index in [1.54, 1.807) is 44.6 Å². The molecule has 0 atom stereocenters. The van der Waals surface area contributed by atoms with E-state index in [1.807, 2.05) is 6.92 Å². The maximum atomic E-state index is 13.3. The summed E-state index contributed by atoms with van der Waals surface area (Å²) in [7, 11) is 3.11. The Morgan fingerprint density at radius 3 is 2.11 bits per heavy atom. The van der Waals surface area contributed by atoms with Crippen molar-refractivity contribution in [2.75, 3.05) is 20.0 Å². The summed E-state index contributed by atoms with van der Waals surface area (Å²) in [6.45, 7) is 1.85. The number of nitrogens with two attached hydrogens (primary N) is 1. The van der Waals surface area contributed by atoms with E-state index in [4.69, 9.17) is 15.2 Å². The lowest BCUT2D eigenvalue weighted by atomic mass is 9.92. The van der Waals surface area contributed by atoms with Crippen LogP contribution in [0.3, 0.4) is 0 Å². The molecular weight excluding hydrogens is 345 g/mol. The number of nitrogen functional groups attached to an aromatic ring is 1. The predicted octanol–water partition coefficient (Wildman–Crippen LogP) is 4.33. The summed E-state index contributed by atoms with van der Waals surface area (Å²) < 4.78 is 24.0. The summed E-state index contributed by atoms with van der Waals surface area (Å²) in [6, 6.07) is 13.5. The molecule has 1 heterocycles. The van der Waals surface area contributed by atoms with Crippen LogP contribution >= 0.6 is 0 Å². The Morgan fingerprint density at radius 1 is 1.00 bits per heavy atom. The van der Waals surface area contributed by atoms with Crippen molar-refractivity contribution in [3.63, 3.8) is 0 Å². The Morgan fingerprint density at radius 2 is 1.59 bits per heavy atom. The Hall–Kier alpha value is -3.59. The molecule has 6 heteroatoms. The fourth-order valence-electron chi connectivity index (χ4n) is 3.01. The maximum absolute atomic E-state index is 13.3. The van der Waals surface area contributed by atoms with Crippen LogP contribution in [0.2, 0.25) is 0 Å². The van der Waals surface area contributed by atoms with Crippen molar-refractivity contribution in [1.29, 1.82) is 5.26 Å². The minimum Gasteiger partial charge on any atom is -0.497 e. The molecule has 0 saturated carbocycles. The summed E-state index contributed by atoms with van der Waals surface area (Å²) in [5.74, 6) is 0.952. The average Bonchev–Trinajstić information content (AvgIpc) is 2.69. The molecule has 0 amide bonds. The smallest absolute Gasteiger partial charge is 0.142 e. The number of benzene rings is 2. The number of hydrogen-bond donors (Lipinski definition) is 1. The number of aromatic nitrogens is 1. The molecule has 0 bridgehead atoms. The van der Waals surface area contributed by atoms with Gasteiger partial charge in [0, 0.05) is 17.2 Å². The molecule has 0 aliphatic carbocycles. The largest absolute Gasteiger partial charge is 0.497 e. The van der Waals surface area contributed by atoms with E-state index >= 15 is 0 Å². The molecule has 5 nitrogen and oxygen atoms in total. The van der Waals surface area contributed by atoms with Crippen molar-refractivity contribution < 1.29 is 13.9 Å². The van der Waals surface area contributed by atoms with Crippen LogP contribution in [0.15, 0.2) is 42.5 Å². The highest BCUT2D eigenvalue weighted by Crippen LogP contribution is 2.38. The van der Waals surface area contributed by atoms with Gasteiger partial charge in [-0.15, -0.1) is 0 Å². The number of nitriles is 1. The molecule has 1 aromatic heterocycles.